The number of ether oxygens (including phenoxy) is 1. The first-order valence-electron chi connectivity index (χ1n) is 4.51. The van der Waals surface area contributed by atoms with Crippen LogP contribution in [0.4, 0.5) is 0 Å². The van der Waals surface area contributed by atoms with Gasteiger partial charge in [0.25, 0.3) is 0 Å². The lowest BCUT2D eigenvalue weighted by atomic mass is 10.1. The number of aryl methyl sites for hydroxylation is 1. The molecule has 0 radical (unpaired) electrons. The van der Waals surface area contributed by atoms with E-state index in [1.807, 2.05) is 6.20 Å². The Hall–Kier alpha value is -0.890. The van der Waals surface area contributed by atoms with Gasteiger partial charge in [0, 0.05) is 17.5 Å². The fraction of sp³-hybridized carbons (Fsp3) is 0.500. The van der Waals surface area contributed by atoms with Crippen LogP contribution in [-0.4, -0.2) is 4.98 Å². The van der Waals surface area contributed by atoms with Crippen LogP contribution in [0, 0.1) is 0 Å². The number of hydrogen-bond acceptors (Lipinski definition) is 2. The van der Waals surface area contributed by atoms with Crippen LogP contribution in [0.1, 0.15) is 28.8 Å². The van der Waals surface area contributed by atoms with Gasteiger partial charge in [0.2, 0.25) is 0 Å². The number of pyridine rings is 1. The van der Waals surface area contributed by atoms with Crippen molar-refractivity contribution in [2.24, 2.45) is 0 Å². The Labute approximate surface area is 71.6 Å². The van der Waals surface area contributed by atoms with Gasteiger partial charge in [-0.1, -0.05) is 0 Å². The molecule has 12 heavy (non-hydrogen) atoms. The van der Waals surface area contributed by atoms with E-state index in [-0.39, 0.29) is 0 Å². The Morgan fingerprint density at radius 3 is 3.17 bits per heavy atom. The molecular weight excluding hydrogens is 150 g/mol. The molecule has 0 spiro atoms. The summed E-state index contributed by atoms with van der Waals surface area (Å²) in [5, 5.41) is 0. The summed E-state index contributed by atoms with van der Waals surface area (Å²) in [6.45, 7) is 1.59. The van der Waals surface area contributed by atoms with Gasteiger partial charge in [-0.2, -0.15) is 0 Å². The lowest BCUT2D eigenvalue weighted by Gasteiger charge is -2.03. The van der Waals surface area contributed by atoms with Gasteiger partial charge in [-0.05, 0) is 30.4 Å². The normalized spacial score (nSPS) is 19.3. The van der Waals surface area contributed by atoms with Crippen LogP contribution in [0.3, 0.4) is 0 Å². The Bertz CT molecular complexity index is 300. The van der Waals surface area contributed by atoms with Crippen molar-refractivity contribution in [1.82, 2.24) is 4.98 Å². The van der Waals surface area contributed by atoms with Gasteiger partial charge in [0.05, 0.1) is 13.2 Å². The van der Waals surface area contributed by atoms with Crippen LogP contribution in [0.25, 0.3) is 0 Å². The molecule has 0 amide bonds. The second kappa shape index (κ2) is 2.30. The molecular formula is C10H11NO. The van der Waals surface area contributed by atoms with E-state index in [0.717, 1.165) is 13.2 Å². The summed E-state index contributed by atoms with van der Waals surface area (Å²) >= 11 is 0. The molecule has 1 aliphatic heterocycles. The van der Waals surface area contributed by atoms with Gasteiger partial charge in [0.1, 0.15) is 0 Å². The summed E-state index contributed by atoms with van der Waals surface area (Å²) in [7, 11) is 0. The molecule has 0 saturated heterocycles. The summed E-state index contributed by atoms with van der Waals surface area (Å²) < 4.78 is 5.40. The van der Waals surface area contributed by atoms with Gasteiger partial charge >= 0.3 is 0 Å². The Balaban J connectivity index is 2.24. The van der Waals surface area contributed by atoms with Crippen molar-refractivity contribution in [3.63, 3.8) is 0 Å². The average Bonchev–Trinajstić information content (AvgIpc) is 2.71. The number of aromatic nitrogens is 1. The van der Waals surface area contributed by atoms with Crippen molar-refractivity contribution in [3.05, 3.63) is 28.6 Å². The SMILES string of the molecule is c1nc2c(c3c1COC3)CCC2. The van der Waals surface area contributed by atoms with E-state index < -0.39 is 0 Å². The molecule has 0 unspecified atom stereocenters. The highest BCUT2D eigenvalue weighted by Crippen LogP contribution is 2.30. The molecule has 1 aromatic heterocycles. The first kappa shape index (κ1) is 6.61. The van der Waals surface area contributed by atoms with E-state index in [0.29, 0.717) is 0 Å². The van der Waals surface area contributed by atoms with Crippen molar-refractivity contribution in [2.45, 2.75) is 32.5 Å². The minimum Gasteiger partial charge on any atom is -0.372 e. The Kier molecular flexibility index (Phi) is 1.27. The second-order valence-electron chi connectivity index (χ2n) is 3.53. The monoisotopic (exact) mass is 161 g/mol. The van der Waals surface area contributed by atoms with Crippen LogP contribution in [0.5, 0.6) is 0 Å². The highest BCUT2D eigenvalue weighted by Gasteiger charge is 2.22. The van der Waals surface area contributed by atoms with Crippen LogP contribution in [0.2, 0.25) is 0 Å². The van der Waals surface area contributed by atoms with Crippen molar-refractivity contribution in [2.75, 3.05) is 0 Å². The van der Waals surface area contributed by atoms with E-state index in [1.54, 1.807) is 0 Å². The smallest absolute Gasteiger partial charge is 0.0740 e. The summed E-state index contributed by atoms with van der Waals surface area (Å²) in [4.78, 5) is 4.45. The van der Waals surface area contributed by atoms with Gasteiger partial charge < -0.3 is 4.74 Å². The molecule has 2 heteroatoms. The van der Waals surface area contributed by atoms with Crippen molar-refractivity contribution < 1.29 is 4.74 Å². The summed E-state index contributed by atoms with van der Waals surface area (Å²) in [5.41, 5.74) is 5.57. The number of rotatable bonds is 0. The Morgan fingerprint density at radius 1 is 1.17 bits per heavy atom. The summed E-state index contributed by atoms with van der Waals surface area (Å²) in [6, 6.07) is 0. The molecule has 1 aromatic rings. The third kappa shape index (κ3) is 0.758. The number of fused-ring (bicyclic) bond motifs is 3. The van der Waals surface area contributed by atoms with E-state index in [4.69, 9.17) is 4.74 Å². The molecule has 1 aliphatic carbocycles. The molecule has 0 saturated carbocycles. The lowest BCUT2D eigenvalue weighted by molar-refractivity contribution is 0.134. The topological polar surface area (TPSA) is 22.1 Å². The van der Waals surface area contributed by atoms with Crippen LogP contribution in [0.15, 0.2) is 6.20 Å². The van der Waals surface area contributed by atoms with E-state index in [1.165, 1.54) is 41.6 Å². The molecule has 0 bridgehead atoms. The zero-order valence-electron chi connectivity index (χ0n) is 6.97. The molecule has 0 N–H and O–H groups in total. The minimum absolute atomic E-state index is 0.773. The fourth-order valence-corrected chi connectivity index (χ4v) is 2.19. The largest absolute Gasteiger partial charge is 0.372 e. The zero-order valence-corrected chi connectivity index (χ0v) is 6.97. The van der Waals surface area contributed by atoms with E-state index in [2.05, 4.69) is 4.98 Å². The third-order valence-corrected chi connectivity index (χ3v) is 2.82. The molecule has 0 atom stereocenters. The van der Waals surface area contributed by atoms with Gasteiger partial charge in [0.15, 0.2) is 0 Å². The van der Waals surface area contributed by atoms with E-state index in [9.17, 15) is 0 Å². The fourth-order valence-electron chi connectivity index (χ4n) is 2.19. The van der Waals surface area contributed by atoms with Gasteiger partial charge in [-0.25, -0.2) is 0 Å². The van der Waals surface area contributed by atoms with Crippen LogP contribution < -0.4 is 0 Å². The molecule has 2 heterocycles. The first-order chi connectivity index (χ1) is 5.95. The maximum atomic E-state index is 5.40. The quantitative estimate of drug-likeness (QED) is 0.576. The van der Waals surface area contributed by atoms with Crippen LogP contribution >= 0.6 is 0 Å². The lowest BCUT2D eigenvalue weighted by Crippen LogP contribution is -1.95. The highest BCUT2D eigenvalue weighted by atomic mass is 16.5. The molecule has 62 valence electrons. The average molecular weight is 161 g/mol. The maximum absolute atomic E-state index is 5.40. The first-order valence-corrected chi connectivity index (χ1v) is 4.51. The van der Waals surface area contributed by atoms with Crippen molar-refractivity contribution in [1.29, 1.82) is 0 Å². The van der Waals surface area contributed by atoms with Crippen molar-refractivity contribution >= 4 is 0 Å². The molecule has 2 aliphatic rings. The molecule has 0 fully saturated rings. The molecule has 2 nitrogen and oxygen atoms in total. The van der Waals surface area contributed by atoms with Gasteiger partial charge in [-0.3, -0.25) is 4.98 Å². The predicted octanol–water partition coefficient (Wildman–Crippen LogP) is 1.60. The predicted molar refractivity (Wildman–Crippen MR) is 44.8 cm³/mol. The van der Waals surface area contributed by atoms with Gasteiger partial charge in [-0.15, -0.1) is 0 Å². The number of nitrogens with zero attached hydrogens (tertiary/aromatic N) is 1. The standard InChI is InChI=1S/C10H11NO/c1-2-8-9-6-12-5-7(9)4-11-10(8)3-1/h4H,1-3,5-6H2. The maximum Gasteiger partial charge on any atom is 0.0740 e. The van der Waals surface area contributed by atoms with E-state index >= 15 is 0 Å². The summed E-state index contributed by atoms with van der Waals surface area (Å²) in [5.74, 6) is 0. The van der Waals surface area contributed by atoms with Crippen molar-refractivity contribution in [3.8, 4) is 0 Å². The molecule has 0 aromatic carbocycles. The Morgan fingerprint density at radius 2 is 2.17 bits per heavy atom. The highest BCUT2D eigenvalue weighted by molar-refractivity contribution is 5.39. The third-order valence-electron chi connectivity index (χ3n) is 2.82. The second-order valence-corrected chi connectivity index (χ2v) is 3.53. The number of hydrogen-bond donors (Lipinski definition) is 0. The summed E-state index contributed by atoms with van der Waals surface area (Å²) in [6.07, 6.45) is 5.66. The molecule has 3 rings (SSSR count). The minimum atomic E-state index is 0.773. The van der Waals surface area contributed by atoms with Crippen LogP contribution in [-0.2, 0) is 30.8 Å². The zero-order chi connectivity index (χ0) is 7.97.